The minimum atomic E-state index is -0.385. The second-order valence-corrected chi connectivity index (χ2v) is 2.76. The highest BCUT2D eigenvalue weighted by Gasteiger charge is 2.17. The Balaban J connectivity index is 2.93. The fraction of sp³-hybridized carbons (Fsp3) is 0.667. The Morgan fingerprint density at radius 2 is 2.07 bits per heavy atom. The summed E-state index contributed by atoms with van der Waals surface area (Å²) in [6.07, 6.45) is 0.689. The zero-order valence-electron chi connectivity index (χ0n) is 8.78. The Hall–Kier alpha value is -1.39. The minimum absolute atomic E-state index is 0.344. The highest BCUT2D eigenvalue weighted by molar-refractivity contribution is 5.88. The summed E-state index contributed by atoms with van der Waals surface area (Å²) in [5.41, 5.74) is 1.04. The summed E-state index contributed by atoms with van der Waals surface area (Å²) < 4.78 is 4.87. The molecule has 14 heavy (non-hydrogen) atoms. The van der Waals surface area contributed by atoms with E-state index in [1.54, 1.807) is 6.92 Å². The summed E-state index contributed by atoms with van der Waals surface area (Å²) in [7, 11) is 0. The lowest BCUT2D eigenvalue weighted by Crippen LogP contribution is -2.08. The topological polar surface area (TPSA) is 57.0 Å². The van der Waals surface area contributed by atoms with Crippen LogP contribution in [-0.2, 0) is 17.7 Å². The standard InChI is InChI=1S/C9H15N3O2/c1-4-7-8(9(13)14-6-3)11-12(5-2)10-7/h4-6H2,1-3H3. The summed E-state index contributed by atoms with van der Waals surface area (Å²) >= 11 is 0. The summed E-state index contributed by atoms with van der Waals surface area (Å²) in [5.74, 6) is -0.385. The second-order valence-electron chi connectivity index (χ2n) is 2.76. The number of nitrogens with zero attached hydrogens (tertiary/aromatic N) is 3. The molecule has 1 aromatic rings. The van der Waals surface area contributed by atoms with Crippen molar-refractivity contribution in [1.82, 2.24) is 15.0 Å². The molecule has 1 heterocycles. The van der Waals surface area contributed by atoms with Crippen LogP contribution in [0, 0.1) is 0 Å². The van der Waals surface area contributed by atoms with Crippen molar-refractivity contribution in [3.63, 3.8) is 0 Å². The second kappa shape index (κ2) is 4.74. The van der Waals surface area contributed by atoms with E-state index >= 15 is 0 Å². The zero-order valence-corrected chi connectivity index (χ0v) is 8.78. The number of aromatic nitrogens is 3. The maximum absolute atomic E-state index is 11.4. The predicted octanol–water partition coefficient (Wildman–Crippen LogP) is 1.04. The molecule has 5 heteroatoms. The quantitative estimate of drug-likeness (QED) is 0.677. The van der Waals surface area contributed by atoms with Crippen molar-refractivity contribution < 1.29 is 9.53 Å². The third-order valence-corrected chi connectivity index (χ3v) is 1.81. The van der Waals surface area contributed by atoms with Gasteiger partial charge in [0, 0.05) is 0 Å². The lowest BCUT2D eigenvalue weighted by atomic mass is 10.3. The molecule has 0 radical (unpaired) electrons. The highest BCUT2D eigenvalue weighted by atomic mass is 16.5. The minimum Gasteiger partial charge on any atom is -0.461 e. The van der Waals surface area contributed by atoms with Gasteiger partial charge in [-0.1, -0.05) is 6.92 Å². The fourth-order valence-corrected chi connectivity index (χ4v) is 1.12. The van der Waals surface area contributed by atoms with Crippen LogP contribution < -0.4 is 0 Å². The van der Waals surface area contributed by atoms with E-state index in [1.807, 2.05) is 13.8 Å². The van der Waals surface area contributed by atoms with E-state index in [9.17, 15) is 4.79 Å². The molecule has 1 rings (SSSR count). The van der Waals surface area contributed by atoms with Gasteiger partial charge in [0.25, 0.3) is 0 Å². The largest absolute Gasteiger partial charge is 0.461 e. The molecular formula is C9H15N3O2. The first-order chi connectivity index (χ1) is 6.72. The molecule has 0 atom stereocenters. The SMILES string of the molecule is CCOC(=O)c1nn(CC)nc1CC. The number of aryl methyl sites for hydroxylation is 2. The summed E-state index contributed by atoms with van der Waals surface area (Å²) in [5, 5.41) is 8.20. The van der Waals surface area contributed by atoms with Crippen LogP contribution in [0.3, 0.4) is 0 Å². The molecule has 0 saturated carbocycles. The average Bonchev–Trinajstić information content (AvgIpc) is 2.61. The number of ether oxygens (including phenoxy) is 1. The Morgan fingerprint density at radius 3 is 2.57 bits per heavy atom. The van der Waals surface area contributed by atoms with Crippen LogP contribution in [-0.4, -0.2) is 27.6 Å². The van der Waals surface area contributed by atoms with Gasteiger partial charge in [0.15, 0.2) is 5.69 Å². The third kappa shape index (κ3) is 2.10. The molecule has 0 aromatic carbocycles. The monoisotopic (exact) mass is 197 g/mol. The molecule has 0 saturated heterocycles. The van der Waals surface area contributed by atoms with Gasteiger partial charge in [-0.25, -0.2) is 4.79 Å². The normalized spacial score (nSPS) is 10.2. The number of rotatable bonds is 4. The van der Waals surface area contributed by atoms with Crippen LogP contribution in [0.5, 0.6) is 0 Å². The summed E-state index contributed by atoms with van der Waals surface area (Å²) in [4.78, 5) is 12.9. The van der Waals surface area contributed by atoms with E-state index in [2.05, 4.69) is 10.2 Å². The highest BCUT2D eigenvalue weighted by Crippen LogP contribution is 2.05. The lowest BCUT2D eigenvalue weighted by molar-refractivity contribution is 0.0517. The van der Waals surface area contributed by atoms with Gasteiger partial charge >= 0.3 is 5.97 Å². The van der Waals surface area contributed by atoms with Crippen molar-refractivity contribution in [3.8, 4) is 0 Å². The Labute approximate surface area is 83.1 Å². The van der Waals surface area contributed by atoms with Crippen molar-refractivity contribution in [2.24, 2.45) is 0 Å². The zero-order chi connectivity index (χ0) is 10.6. The molecule has 0 spiro atoms. The van der Waals surface area contributed by atoms with Crippen molar-refractivity contribution in [2.75, 3.05) is 6.61 Å². The third-order valence-electron chi connectivity index (χ3n) is 1.81. The predicted molar refractivity (Wildman–Crippen MR) is 51.0 cm³/mol. The molecule has 5 nitrogen and oxygen atoms in total. The van der Waals surface area contributed by atoms with Gasteiger partial charge < -0.3 is 4.74 Å². The fourth-order valence-electron chi connectivity index (χ4n) is 1.12. The molecule has 0 fully saturated rings. The number of esters is 1. The van der Waals surface area contributed by atoms with Gasteiger partial charge in [-0.3, -0.25) is 0 Å². The van der Waals surface area contributed by atoms with E-state index in [4.69, 9.17) is 4.74 Å². The molecular weight excluding hydrogens is 182 g/mol. The van der Waals surface area contributed by atoms with E-state index in [0.717, 1.165) is 0 Å². The smallest absolute Gasteiger partial charge is 0.360 e. The first kappa shape index (κ1) is 10.7. The van der Waals surface area contributed by atoms with Crippen LogP contribution in [0.1, 0.15) is 37.0 Å². The van der Waals surface area contributed by atoms with Crippen LogP contribution in [0.2, 0.25) is 0 Å². The van der Waals surface area contributed by atoms with Crippen molar-refractivity contribution in [1.29, 1.82) is 0 Å². The number of hydrogen-bond donors (Lipinski definition) is 0. The number of hydrogen-bond acceptors (Lipinski definition) is 4. The Bertz CT molecular complexity index is 320. The van der Waals surface area contributed by atoms with Gasteiger partial charge in [0.05, 0.1) is 18.8 Å². The van der Waals surface area contributed by atoms with Crippen LogP contribution in [0.15, 0.2) is 0 Å². The summed E-state index contributed by atoms with van der Waals surface area (Å²) in [6.45, 7) is 6.66. The van der Waals surface area contributed by atoms with Crippen molar-refractivity contribution >= 4 is 5.97 Å². The van der Waals surface area contributed by atoms with E-state index < -0.39 is 0 Å². The average molecular weight is 197 g/mol. The molecule has 0 aliphatic heterocycles. The van der Waals surface area contributed by atoms with Gasteiger partial charge in [-0.05, 0) is 20.3 Å². The van der Waals surface area contributed by atoms with Gasteiger partial charge in [-0.15, -0.1) is 5.10 Å². The molecule has 1 aromatic heterocycles. The number of carbonyl (C=O) groups excluding carboxylic acids is 1. The first-order valence-corrected chi connectivity index (χ1v) is 4.84. The van der Waals surface area contributed by atoms with Crippen molar-refractivity contribution in [2.45, 2.75) is 33.7 Å². The maximum atomic E-state index is 11.4. The molecule has 0 amide bonds. The Morgan fingerprint density at radius 1 is 1.36 bits per heavy atom. The molecule has 78 valence electrons. The molecule has 0 bridgehead atoms. The van der Waals surface area contributed by atoms with Gasteiger partial charge in [0.1, 0.15) is 0 Å². The maximum Gasteiger partial charge on any atom is 0.360 e. The number of carbonyl (C=O) groups is 1. The van der Waals surface area contributed by atoms with E-state index in [-0.39, 0.29) is 5.97 Å². The molecule has 0 aliphatic rings. The summed E-state index contributed by atoms with van der Waals surface area (Å²) in [6, 6.07) is 0. The van der Waals surface area contributed by atoms with E-state index in [0.29, 0.717) is 31.0 Å². The molecule has 0 N–H and O–H groups in total. The van der Waals surface area contributed by atoms with Crippen LogP contribution >= 0.6 is 0 Å². The first-order valence-electron chi connectivity index (χ1n) is 4.84. The van der Waals surface area contributed by atoms with E-state index in [1.165, 1.54) is 4.80 Å². The molecule has 0 aliphatic carbocycles. The lowest BCUT2D eigenvalue weighted by Gasteiger charge is -1.97. The van der Waals surface area contributed by atoms with Crippen molar-refractivity contribution in [3.05, 3.63) is 11.4 Å². The van der Waals surface area contributed by atoms with Gasteiger partial charge in [0.2, 0.25) is 0 Å². The van der Waals surface area contributed by atoms with Gasteiger partial charge in [-0.2, -0.15) is 9.90 Å². The Kier molecular flexibility index (Phi) is 3.62. The van der Waals surface area contributed by atoms with Crippen LogP contribution in [0.4, 0.5) is 0 Å². The van der Waals surface area contributed by atoms with Crippen LogP contribution in [0.25, 0.3) is 0 Å². The molecule has 0 unspecified atom stereocenters.